The number of methoxy groups -OCH3 is 1. The average Bonchev–Trinajstić information content (AvgIpc) is 2.17. The van der Waals surface area contributed by atoms with Crippen molar-refractivity contribution in [2.24, 2.45) is 17.6 Å². The number of carbonyl (C=O) groups excluding carboxylic acids is 1. The summed E-state index contributed by atoms with van der Waals surface area (Å²) < 4.78 is 4.94. The van der Waals surface area contributed by atoms with E-state index in [2.05, 4.69) is 5.32 Å². The third-order valence-corrected chi connectivity index (χ3v) is 2.97. The van der Waals surface area contributed by atoms with E-state index < -0.39 is 0 Å². The normalized spacial score (nSPS) is 17.3. The van der Waals surface area contributed by atoms with Crippen molar-refractivity contribution in [2.75, 3.05) is 20.3 Å². The van der Waals surface area contributed by atoms with Gasteiger partial charge in [-0.05, 0) is 12.8 Å². The second-order valence-corrected chi connectivity index (χ2v) is 4.62. The summed E-state index contributed by atoms with van der Waals surface area (Å²) in [6, 6.07) is 0. The molecule has 0 fully saturated rings. The number of rotatable bonds is 6. The van der Waals surface area contributed by atoms with E-state index >= 15 is 0 Å². The Morgan fingerprint density at radius 3 is 2.33 bits per heavy atom. The number of hydrogen-bond donors (Lipinski definition) is 2. The summed E-state index contributed by atoms with van der Waals surface area (Å²) in [7, 11) is 1.59. The minimum atomic E-state index is -0.334. The minimum Gasteiger partial charge on any atom is -0.384 e. The highest BCUT2D eigenvalue weighted by atomic mass is 16.5. The maximum atomic E-state index is 11.8. The van der Waals surface area contributed by atoms with Crippen molar-refractivity contribution >= 4 is 5.91 Å². The van der Waals surface area contributed by atoms with E-state index in [1.54, 1.807) is 7.11 Å². The molecule has 0 spiro atoms. The fourth-order valence-electron chi connectivity index (χ4n) is 1.16. The summed E-state index contributed by atoms with van der Waals surface area (Å²) in [5, 5.41) is 2.98. The van der Waals surface area contributed by atoms with Gasteiger partial charge in [0.25, 0.3) is 0 Å². The molecule has 0 aliphatic rings. The molecule has 2 atom stereocenters. The van der Waals surface area contributed by atoms with Gasteiger partial charge in [0.15, 0.2) is 0 Å². The summed E-state index contributed by atoms with van der Waals surface area (Å²) in [5.41, 5.74) is 5.35. The van der Waals surface area contributed by atoms with E-state index in [9.17, 15) is 4.79 Å². The number of hydrogen-bond acceptors (Lipinski definition) is 3. The molecule has 0 aromatic heterocycles. The lowest BCUT2D eigenvalue weighted by Crippen LogP contribution is -2.56. The van der Waals surface area contributed by atoms with E-state index in [1.807, 2.05) is 27.7 Å². The Labute approximate surface area is 92.6 Å². The van der Waals surface area contributed by atoms with Crippen LogP contribution in [0.5, 0.6) is 0 Å². The number of amides is 1. The maximum absolute atomic E-state index is 11.8. The summed E-state index contributed by atoms with van der Waals surface area (Å²) in [4.78, 5) is 11.8. The van der Waals surface area contributed by atoms with E-state index in [0.717, 1.165) is 0 Å². The number of carbonyl (C=O) groups is 1. The number of nitrogens with one attached hydrogen (secondary N) is 1. The molecule has 0 heterocycles. The summed E-state index contributed by atoms with van der Waals surface area (Å²) in [6.07, 6.45) is 0. The van der Waals surface area contributed by atoms with E-state index in [-0.39, 0.29) is 17.4 Å². The Morgan fingerprint density at radius 2 is 2.00 bits per heavy atom. The molecule has 0 aliphatic carbocycles. The molecule has 0 aromatic carbocycles. The van der Waals surface area contributed by atoms with Crippen molar-refractivity contribution in [2.45, 2.75) is 33.2 Å². The van der Waals surface area contributed by atoms with Gasteiger partial charge in [-0.1, -0.05) is 20.8 Å². The highest BCUT2D eigenvalue weighted by Crippen LogP contribution is 2.15. The van der Waals surface area contributed by atoms with Crippen molar-refractivity contribution in [1.82, 2.24) is 5.32 Å². The highest BCUT2D eigenvalue weighted by molar-refractivity contribution is 5.79. The van der Waals surface area contributed by atoms with Crippen LogP contribution in [-0.4, -0.2) is 31.7 Å². The summed E-state index contributed by atoms with van der Waals surface area (Å²) in [5.74, 6) is 0.166. The lowest BCUT2D eigenvalue weighted by molar-refractivity contribution is -0.128. The Hall–Kier alpha value is -0.610. The molecular weight excluding hydrogens is 192 g/mol. The standard InChI is InChI=1S/C11H24N2O2/c1-8(2)11(4,7-12)13-10(14)9(3)6-15-5/h8-9H,6-7,12H2,1-5H3,(H,13,14). The molecule has 0 saturated heterocycles. The Balaban J connectivity index is 4.36. The second kappa shape index (κ2) is 6.08. The smallest absolute Gasteiger partial charge is 0.225 e. The maximum Gasteiger partial charge on any atom is 0.225 e. The van der Waals surface area contributed by atoms with Crippen LogP contribution >= 0.6 is 0 Å². The quantitative estimate of drug-likeness (QED) is 0.689. The summed E-state index contributed by atoms with van der Waals surface area (Å²) in [6.45, 7) is 8.79. The van der Waals surface area contributed by atoms with Gasteiger partial charge in [-0.2, -0.15) is 0 Å². The average molecular weight is 216 g/mol. The molecule has 0 rings (SSSR count). The topological polar surface area (TPSA) is 64.3 Å². The van der Waals surface area contributed by atoms with Crippen molar-refractivity contribution < 1.29 is 9.53 Å². The first-order valence-corrected chi connectivity index (χ1v) is 5.38. The van der Waals surface area contributed by atoms with Crippen LogP contribution in [0, 0.1) is 11.8 Å². The lowest BCUT2D eigenvalue weighted by atomic mass is 9.88. The molecule has 2 unspecified atom stereocenters. The zero-order chi connectivity index (χ0) is 12.1. The van der Waals surface area contributed by atoms with Gasteiger partial charge in [0.2, 0.25) is 5.91 Å². The Bertz CT molecular complexity index is 207. The monoisotopic (exact) mass is 216 g/mol. The molecule has 0 aliphatic heterocycles. The van der Waals surface area contributed by atoms with E-state index in [1.165, 1.54) is 0 Å². The molecule has 0 bridgehead atoms. The van der Waals surface area contributed by atoms with Gasteiger partial charge < -0.3 is 15.8 Å². The molecular formula is C11H24N2O2. The van der Waals surface area contributed by atoms with E-state index in [4.69, 9.17) is 10.5 Å². The Morgan fingerprint density at radius 1 is 1.47 bits per heavy atom. The molecule has 1 amide bonds. The first-order chi connectivity index (χ1) is 6.87. The van der Waals surface area contributed by atoms with Crippen molar-refractivity contribution in [3.05, 3.63) is 0 Å². The second-order valence-electron chi connectivity index (χ2n) is 4.62. The van der Waals surface area contributed by atoms with Crippen LogP contribution in [-0.2, 0) is 9.53 Å². The minimum absolute atomic E-state index is 0.00139. The third-order valence-electron chi connectivity index (χ3n) is 2.97. The van der Waals surface area contributed by atoms with Gasteiger partial charge in [-0.15, -0.1) is 0 Å². The molecule has 0 saturated carbocycles. The van der Waals surface area contributed by atoms with Crippen LogP contribution in [0.15, 0.2) is 0 Å². The van der Waals surface area contributed by atoms with Crippen LogP contribution < -0.4 is 11.1 Å². The SMILES string of the molecule is COCC(C)C(=O)NC(C)(CN)C(C)C. The van der Waals surface area contributed by atoms with Gasteiger partial charge in [0, 0.05) is 13.7 Å². The van der Waals surface area contributed by atoms with Crippen LogP contribution in [0.25, 0.3) is 0 Å². The molecule has 0 radical (unpaired) electrons. The van der Waals surface area contributed by atoms with Gasteiger partial charge in [0.05, 0.1) is 18.1 Å². The lowest BCUT2D eigenvalue weighted by Gasteiger charge is -2.34. The fourth-order valence-corrected chi connectivity index (χ4v) is 1.16. The largest absolute Gasteiger partial charge is 0.384 e. The predicted octanol–water partition coefficient (Wildman–Crippen LogP) is 0.759. The predicted molar refractivity (Wildman–Crippen MR) is 61.5 cm³/mol. The van der Waals surface area contributed by atoms with Crippen LogP contribution in [0.4, 0.5) is 0 Å². The first-order valence-electron chi connectivity index (χ1n) is 5.38. The first kappa shape index (κ1) is 14.4. The van der Waals surface area contributed by atoms with Crippen molar-refractivity contribution in [1.29, 1.82) is 0 Å². The van der Waals surface area contributed by atoms with Crippen LogP contribution in [0.2, 0.25) is 0 Å². The fraction of sp³-hybridized carbons (Fsp3) is 0.909. The van der Waals surface area contributed by atoms with Crippen molar-refractivity contribution in [3.63, 3.8) is 0 Å². The molecule has 90 valence electrons. The van der Waals surface area contributed by atoms with Gasteiger partial charge in [0.1, 0.15) is 0 Å². The van der Waals surface area contributed by atoms with Crippen LogP contribution in [0.3, 0.4) is 0 Å². The van der Waals surface area contributed by atoms with Gasteiger partial charge >= 0.3 is 0 Å². The number of ether oxygens (including phenoxy) is 1. The van der Waals surface area contributed by atoms with Crippen LogP contribution in [0.1, 0.15) is 27.7 Å². The van der Waals surface area contributed by atoms with Crippen molar-refractivity contribution in [3.8, 4) is 0 Å². The highest BCUT2D eigenvalue weighted by Gasteiger charge is 2.29. The summed E-state index contributed by atoms with van der Waals surface area (Å²) >= 11 is 0. The molecule has 4 nitrogen and oxygen atoms in total. The van der Waals surface area contributed by atoms with E-state index in [0.29, 0.717) is 19.1 Å². The molecule has 4 heteroatoms. The molecule has 3 N–H and O–H groups in total. The zero-order valence-corrected chi connectivity index (χ0v) is 10.5. The number of nitrogens with two attached hydrogens (primary N) is 1. The van der Waals surface area contributed by atoms with Gasteiger partial charge in [-0.25, -0.2) is 0 Å². The molecule has 0 aromatic rings. The third kappa shape index (κ3) is 4.18. The Kier molecular flexibility index (Phi) is 5.83. The zero-order valence-electron chi connectivity index (χ0n) is 10.5. The molecule has 15 heavy (non-hydrogen) atoms. The van der Waals surface area contributed by atoms with Gasteiger partial charge in [-0.3, -0.25) is 4.79 Å².